The molecule has 0 aliphatic heterocycles. The highest BCUT2D eigenvalue weighted by molar-refractivity contribution is 5.88. The highest BCUT2D eigenvalue weighted by Gasteiger charge is 2.69. The van der Waals surface area contributed by atoms with Crippen LogP contribution in [0.1, 0.15) is 174 Å². The van der Waals surface area contributed by atoms with E-state index in [1.54, 1.807) is 24.3 Å². The van der Waals surface area contributed by atoms with Crippen LogP contribution in [-0.2, 0) is 24.5 Å². The molecule has 106 heavy (non-hydrogen) atoms. The van der Waals surface area contributed by atoms with Crippen molar-refractivity contribution in [3.05, 3.63) is 256 Å². The molecule has 2 heterocycles. The molecular formula is C94H102N6O6. The second kappa shape index (κ2) is 33.8. The van der Waals surface area contributed by atoms with Gasteiger partial charge < -0.3 is 18.9 Å². The lowest BCUT2D eigenvalue weighted by Gasteiger charge is -2.55. The Morgan fingerprint density at radius 3 is 1.05 bits per heavy atom. The Morgan fingerprint density at radius 1 is 0.396 bits per heavy atom. The Labute approximate surface area is 627 Å². The smallest absolute Gasteiger partial charge is 0.348 e. The fraction of sp³-hybridized carbons (Fsp3) is 0.340. The molecule has 2 bridgehead atoms. The second-order valence-corrected chi connectivity index (χ2v) is 29.8. The van der Waals surface area contributed by atoms with Crippen molar-refractivity contribution in [2.45, 2.75) is 192 Å². The number of carbonyl (C=O) groups is 2. The number of para-hydroxylation sites is 2. The van der Waals surface area contributed by atoms with Gasteiger partial charge in [-0.25, -0.2) is 9.59 Å². The molecule has 2 fully saturated rings. The number of rotatable bonds is 36. The third-order valence-electron chi connectivity index (χ3n) is 22.8. The second-order valence-electron chi connectivity index (χ2n) is 29.8. The number of esters is 2. The van der Waals surface area contributed by atoms with E-state index in [9.17, 15) is 9.59 Å². The molecule has 544 valence electrons. The summed E-state index contributed by atoms with van der Waals surface area (Å²) < 4.78 is 28.6. The summed E-state index contributed by atoms with van der Waals surface area (Å²) in [4.78, 5) is 27.1. The Kier molecular flexibility index (Phi) is 23.5. The first-order valence-electron chi connectivity index (χ1n) is 38.8. The summed E-state index contributed by atoms with van der Waals surface area (Å²) in [5.74, 6) is 3.09. The molecule has 3 aliphatic carbocycles. The molecule has 4 atom stereocenters. The van der Waals surface area contributed by atoms with Crippen molar-refractivity contribution in [3.8, 4) is 102 Å². The number of aromatic nitrogens is 6. The average molecular weight is 1410 g/mol. The Hall–Kier alpha value is -10.5. The number of nitrogens with zero attached hydrogens (tertiary/aromatic N) is 6. The summed E-state index contributed by atoms with van der Waals surface area (Å²) in [5.41, 5.74) is 15.6. The van der Waals surface area contributed by atoms with Gasteiger partial charge in [0.1, 0.15) is 23.7 Å². The van der Waals surface area contributed by atoms with E-state index in [0.29, 0.717) is 36.0 Å². The first-order chi connectivity index (χ1) is 51.8. The zero-order chi connectivity index (χ0) is 73.6. The van der Waals surface area contributed by atoms with Gasteiger partial charge in [-0.15, -0.1) is 20.4 Å². The number of ether oxygens (including phenoxy) is 4. The highest BCUT2D eigenvalue weighted by atomic mass is 16.6. The van der Waals surface area contributed by atoms with Crippen molar-refractivity contribution in [2.75, 3.05) is 0 Å². The minimum Gasteiger partial charge on any atom is -0.479 e. The Morgan fingerprint density at radius 2 is 0.708 bits per heavy atom. The molecule has 0 amide bonds. The number of hydrogen-bond acceptors (Lipinski definition) is 10. The van der Waals surface area contributed by atoms with Crippen molar-refractivity contribution < 1.29 is 28.5 Å². The van der Waals surface area contributed by atoms with Crippen molar-refractivity contribution in [1.29, 1.82) is 0 Å². The van der Waals surface area contributed by atoms with E-state index in [-0.39, 0.29) is 16.2 Å². The van der Waals surface area contributed by atoms with Crippen LogP contribution in [-0.4, -0.2) is 65.9 Å². The third kappa shape index (κ3) is 15.3. The van der Waals surface area contributed by atoms with E-state index < -0.39 is 36.4 Å². The van der Waals surface area contributed by atoms with E-state index in [1.165, 1.54) is 117 Å². The molecule has 2 saturated carbocycles. The van der Waals surface area contributed by atoms with Crippen molar-refractivity contribution in [2.24, 2.45) is 10.8 Å². The molecule has 12 heteroatoms. The van der Waals surface area contributed by atoms with Gasteiger partial charge in [-0.3, -0.25) is 9.13 Å². The van der Waals surface area contributed by atoms with Crippen LogP contribution in [0.5, 0.6) is 11.5 Å². The lowest BCUT2D eigenvalue weighted by molar-refractivity contribution is -0.154. The first-order valence-corrected chi connectivity index (χ1v) is 38.8. The zero-order valence-corrected chi connectivity index (χ0v) is 62.4. The lowest BCUT2D eigenvalue weighted by atomic mass is 9.47. The fourth-order valence-electron chi connectivity index (χ4n) is 17.2. The van der Waals surface area contributed by atoms with Gasteiger partial charge >= 0.3 is 11.9 Å². The molecule has 13 rings (SSSR count). The molecule has 0 radical (unpaired) electrons. The molecule has 4 unspecified atom stereocenters. The molecule has 1 spiro atoms. The minimum absolute atomic E-state index is 0.0540. The van der Waals surface area contributed by atoms with Gasteiger partial charge in [-0.2, -0.15) is 0 Å². The van der Waals surface area contributed by atoms with Crippen LogP contribution < -0.4 is 9.47 Å². The van der Waals surface area contributed by atoms with Gasteiger partial charge in [0.25, 0.3) is 0 Å². The van der Waals surface area contributed by atoms with Crippen LogP contribution in [0.25, 0.3) is 90.3 Å². The van der Waals surface area contributed by atoms with E-state index in [1.807, 2.05) is 84.9 Å². The molecule has 8 aromatic carbocycles. The van der Waals surface area contributed by atoms with E-state index >= 15 is 0 Å². The van der Waals surface area contributed by atoms with Crippen molar-refractivity contribution >= 4 is 11.9 Å². The SMILES string of the molecule is C=CC(C=C)OC(=O)C(CCCCCCCCC)Oc1ccc(-c2nnc(-c3ccc(-c4ccc5c(c4)C4(c6cc(-c7ccc(-c8nnc(-c9ccc(OC(CCCCCCCCC)C(=O)OC(C=C)C=C)cc9)n8-c8ccccc8)cc7)ccc6-5)C5(C)CCCC4(C)CC5)cc3)n2-c2ccccc2)cc1. The van der Waals surface area contributed by atoms with Gasteiger partial charge in [0.2, 0.25) is 0 Å². The summed E-state index contributed by atoms with van der Waals surface area (Å²) in [7, 11) is 0. The van der Waals surface area contributed by atoms with Crippen LogP contribution >= 0.6 is 0 Å². The van der Waals surface area contributed by atoms with E-state index in [2.05, 4.69) is 172 Å². The normalized spacial score (nSPS) is 17.5. The number of carbonyl (C=O) groups excluding carboxylic acids is 2. The zero-order valence-electron chi connectivity index (χ0n) is 62.4. The number of unbranched alkanes of at least 4 members (excludes halogenated alkanes) is 12. The molecule has 3 aliphatic rings. The fourth-order valence-corrected chi connectivity index (χ4v) is 17.2. The van der Waals surface area contributed by atoms with Crippen LogP contribution in [0.15, 0.2) is 245 Å². The largest absolute Gasteiger partial charge is 0.479 e. The maximum atomic E-state index is 13.6. The van der Waals surface area contributed by atoms with E-state index in [0.717, 1.165) is 94.9 Å². The topological polar surface area (TPSA) is 132 Å². The van der Waals surface area contributed by atoms with Crippen LogP contribution in [0.4, 0.5) is 0 Å². The highest BCUT2D eigenvalue weighted by Crippen LogP contribution is 2.76. The quantitative estimate of drug-likeness (QED) is 0.0212. The summed E-state index contributed by atoms with van der Waals surface area (Å²) in [6.07, 6.45) is 26.3. The van der Waals surface area contributed by atoms with Crippen molar-refractivity contribution in [1.82, 2.24) is 29.5 Å². The number of benzene rings is 8. The maximum Gasteiger partial charge on any atom is 0.348 e. The molecular weight excluding hydrogens is 1310 g/mol. The molecule has 0 N–H and O–H groups in total. The van der Waals surface area contributed by atoms with Gasteiger partial charge in [-0.1, -0.05) is 247 Å². The minimum atomic E-state index is -0.775. The molecule has 12 nitrogen and oxygen atoms in total. The van der Waals surface area contributed by atoms with Crippen molar-refractivity contribution in [3.63, 3.8) is 0 Å². The summed E-state index contributed by atoms with van der Waals surface area (Å²) in [5, 5.41) is 19.5. The maximum absolute atomic E-state index is 13.6. The summed E-state index contributed by atoms with van der Waals surface area (Å²) >= 11 is 0. The predicted molar refractivity (Wildman–Crippen MR) is 429 cm³/mol. The van der Waals surface area contributed by atoms with Gasteiger partial charge in [0, 0.05) is 39.0 Å². The number of hydrogen-bond donors (Lipinski definition) is 0. The van der Waals surface area contributed by atoms with Gasteiger partial charge in [0.15, 0.2) is 35.5 Å². The Bertz CT molecular complexity index is 4360. The Balaban J connectivity index is 0.755. The van der Waals surface area contributed by atoms with E-state index in [4.69, 9.17) is 39.3 Å². The first kappa shape index (κ1) is 73.8. The van der Waals surface area contributed by atoms with Crippen LogP contribution in [0, 0.1) is 10.8 Å². The third-order valence-corrected chi connectivity index (χ3v) is 22.8. The molecule has 0 saturated heterocycles. The predicted octanol–water partition coefficient (Wildman–Crippen LogP) is 23.5. The standard InChI is InChI=1S/C94H102N6O6/c1-9-15-17-19-21-23-31-38-84(90(101)105-76(11-3)12-4)103-78-54-48-70(49-55-78)88-97-95-86(99(88)74-34-27-25-28-35-74)68-44-40-66(41-45-68)72-52-58-80-81-59-53-73(65-83(81)94(82(80)64-72)92(7)60-33-61-93(94,8)63-62-92)67-42-46-69(47-43-67)87-96-98-89(100(87)75-36-29-26-30-37-75)71-50-56-79(57-51-71)104-85(91(102)106-77(13-5)14-6)39-32-24-22-20-18-16-10-2/h11-14,25-30,34-37,40-59,64-65,76-77,84-85H,3-6,9-10,15-24,31-33,38-39,60-63H2,1-2,7-8H3. The van der Waals surface area contributed by atoms with Gasteiger partial charge in [-0.05, 0) is 216 Å². The molecule has 10 aromatic rings. The summed E-state index contributed by atoms with van der Waals surface area (Å²) in [6.45, 7) is 24.9. The molecule has 2 aromatic heterocycles. The monoisotopic (exact) mass is 1410 g/mol. The summed E-state index contributed by atoms with van der Waals surface area (Å²) in [6, 6.07) is 68.2. The van der Waals surface area contributed by atoms with Crippen LogP contribution in [0.3, 0.4) is 0 Å². The lowest BCUT2D eigenvalue weighted by Crippen LogP contribution is -2.51. The van der Waals surface area contributed by atoms with Crippen LogP contribution in [0.2, 0.25) is 0 Å². The average Bonchev–Trinajstić information content (AvgIpc) is 1.49. The van der Waals surface area contributed by atoms with Gasteiger partial charge in [0.05, 0.1) is 0 Å². The number of fused-ring (bicyclic) bond motifs is 3.